The van der Waals surface area contributed by atoms with Crippen LogP contribution in [-0.2, 0) is 0 Å². The summed E-state index contributed by atoms with van der Waals surface area (Å²) in [6.45, 7) is 1.48. The Morgan fingerprint density at radius 1 is 1.15 bits per heavy atom. The average Bonchev–Trinajstić information content (AvgIpc) is 2.85. The van der Waals surface area contributed by atoms with Gasteiger partial charge in [0.05, 0.1) is 11.0 Å². The minimum Gasteiger partial charge on any atom is -0.335 e. The molecule has 3 aromatic rings. The first-order valence-electron chi connectivity index (χ1n) is 6.06. The van der Waals surface area contributed by atoms with Crippen LogP contribution in [0.2, 0.25) is 0 Å². The van der Waals surface area contributed by atoms with Gasteiger partial charge >= 0.3 is 0 Å². The molecule has 5 heteroatoms. The first kappa shape index (κ1) is 12.9. The van der Waals surface area contributed by atoms with Crippen molar-refractivity contribution in [2.45, 2.75) is 16.7 Å². The van der Waals surface area contributed by atoms with Crippen LogP contribution in [0.15, 0.2) is 52.3 Å². The van der Waals surface area contributed by atoms with Crippen molar-refractivity contribution in [3.63, 3.8) is 0 Å². The number of rotatable bonds is 3. The zero-order valence-electron chi connectivity index (χ0n) is 10.7. The lowest BCUT2D eigenvalue weighted by Crippen LogP contribution is -1.93. The molecule has 3 nitrogen and oxygen atoms in total. The van der Waals surface area contributed by atoms with Gasteiger partial charge in [-0.1, -0.05) is 11.8 Å². The molecule has 0 fully saturated rings. The number of benzene rings is 2. The lowest BCUT2D eigenvalue weighted by Gasteiger charge is -2.01. The molecule has 2 aromatic carbocycles. The van der Waals surface area contributed by atoms with E-state index >= 15 is 0 Å². The summed E-state index contributed by atoms with van der Waals surface area (Å²) in [5.74, 6) is 0.0288. The largest absolute Gasteiger partial charge is 0.335 e. The summed E-state index contributed by atoms with van der Waals surface area (Å²) in [5, 5.41) is 0. The minimum absolute atomic E-state index is 0.0889. The molecule has 100 valence electrons. The van der Waals surface area contributed by atoms with Crippen molar-refractivity contribution in [3.05, 3.63) is 54.1 Å². The zero-order chi connectivity index (χ0) is 14.1. The Balaban J connectivity index is 1.92. The third-order valence-corrected chi connectivity index (χ3v) is 3.83. The van der Waals surface area contributed by atoms with Gasteiger partial charge in [-0.15, -0.1) is 0 Å². The molecule has 1 aromatic heterocycles. The molecular weight excluding hydrogens is 275 g/mol. The lowest BCUT2D eigenvalue weighted by molar-refractivity contribution is 0.100. The van der Waals surface area contributed by atoms with Crippen LogP contribution >= 0.6 is 11.8 Å². The Bertz CT molecular complexity index is 780. The molecule has 0 bridgehead atoms. The highest BCUT2D eigenvalue weighted by atomic mass is 32.2. The van der Waals surface area contributed by atoms with Gasteiger partial charge in [0, 0.05) is 16.7 Å². The second-order valence-electron chi connectivity index (χ2n) is 4.38. The fraction of sp³-hybridized carbons (Fsp3) is 0.0667. The molecule has 20 heavy (non-hydrogen) atoms. The molecule has 0 saturated heterocycles. The number of H-pyrrole nitrogens is 1. The van der Waals surface area contributed by atoms with Crippen molar-refractivity contribution < 1.29 is 9.18 Å². The van der Waals surface area contributed by atoms with E-state index in [-0.39, 0.29) is 11.6 Å². The van der Waals surface area contributed by atoms with Gasteiger partial charge in [-0.3, -0.25) is 4.79 Å². The van der Waals surface area contributed by atoms with E-state index in [1.165, 1.54) is 30.8 Å². The van der Waals surface area contributed by atoms with Crippen LogP contribution in [0.3, 0.4) is 0 Å². The highest BCUT2D eigenvalue weighted by molar-refractivity contribution is 7.99. The summed E-state index contributed by atoms with van der Waals surface area (Å²) in [5.41, 5.74) is 1.58. The van der Waals surface area contributed by atoms with Crippen LogP contribution in [0.25, 0.3) is 11.0 Å². The van der Waals surface area contributed by atoms with E-state index in [1.54, 1.807) is 12.1 Å². The average molecular weight is 286 g/mol. The first-order chi connectivity index (χ1) is 9.61. The Hall–Kier alpha value is -2.14. The number of carbonyl (C=O) groups excluding carboxylic acids is 1. The molecule has 0 spiro atoms. The zero-order valence-corrected chi connectivity index (χ0v) is 11.5. The van der Waals surface area contributed by atoms with Gasteiger partial charge in [-0.2, -0.15) is 0 Å². The predicted molar refractivity (Wildman–Crippen MR) is 76.6 cm³/mol. The molecule has 0 unspecified atom stereocenters. The van der Waals surface area contributed by atoms with E-state index in [1.807, 2.05) is 18.2 Å². The first-order valence-corrected chi connectivity index (χ1v) is 6.87. The normalized spacial score (nSPS) is 10.9. The monoisotopic (exact) mass is 286 g/mol. The number of nitrogens with one attached hydrogen (secondary N) is 1. The summed E-state index contributed by atoms with van der Waals surface area (Å²) in [6.07, 6.45) is 0. The quantitative estimate of drug-likeness (QED) is 0.739. The van der Waals surface area contributed by atoms with Crippen molar-refractivity contribution in [1.82, 2.24) is 9.97 Å². The van der Waals surface area contributed by atoms with Gasteiger partial charge in [0.1, 0.15) is 5.82 Å². The number of aromatic nitrogens is 2. The third-order valence-electron chi connectivity index (χ3n) is 2.84. The molecule has 0 aliphatic rings. The number of hydrogen-bond acceptors (Lipinski definition) is 3. The number of fused-ring (bicyclic) bond motifs is 1. The molecule has 0 radical (unpaired) electrons. The number of aromatic amines is 1. The van der Waals surface area contributed by atoms with Gasteiger partial charge in [-0.05, 0) is 42.5 Å². The van der Waals surface area contributed by atoms with E-state index in [0.29, 0.717) is 5.82 Å². The second-order valence-corrected chi connectivity index (χ2v) is 5.52. The van der Waals surface area contributed by atoms with Crippen molar-refractivity contribution >= 4 is 28.6 Å². The Morgan fingerprint density at radius 3 is 2.55 bits per heavy atom. The van der Waals surface area contributed by atoms with Crippen LogP contribution in [0, 0.1) is 5.82 Å². The maximum Gasteiger partial charge on any atom is 0.195 e. The van der Waals surface area contributed by atoms with E-state index in [9.17, 15) is 9.18 Å². The minimum atomic E-state index is -0.247. The van der Waals surface area contributed by atoms with Crippen molar-refractivity contribution in [3.8, 4) is 0 Å². The fourth-order valence-corrected chi connectivity index (χ4v) is 2.71. The van der Waals surface area contributed by atoms with Crippen LogP contribution in [0.4, 0.5) is 4.39 Å². The highest BCUT2D eigenvalue weighted by Gasteiger charge is 2.07. The van der Waals surface area contributed by atoms with E-state index in [0.717, 1.165) is 20.8 Å². The summed E-state index contributed by atoms with van der Waals surface area (Å²) in [4.78, 5) is 20.5. The van der Waals surface area contributed by atoms with E-state index in [4.69, 9.17) is 0 Å². The molecule has 1 N–H and O–H groups in total. The number of imidazole rings is 1. The standard InChI is InChI=1S/C15H11FN2OS/c1-9(19)15-17-13-7-6-12(8-14(13)18-15)20-11-4-2-10(16)3-5-11/h2-8H,1H3,(H,17,18). The number of ketones is 1. The number of carbonyl (C=O) groups is 1. The van der Waals surface area contributed by atoms with E-state index in [2.05, 4.69) is 9.97 Å². The van der Waals surface area contributed by atoms with Crippen molar-refractivity contribution in [2.75, 3.05) is 0 Å². The molecular formula is C15H11FN2OS. The Labute approximate surface area is 119 Å². The molecule has 0 saturated carbocycles. The van der Waals surface area contributed by atoms with Crippen LogP contribution < -0.4 is 0 Å². The van der Waals surface area contributed by atoms with Gasteiger partial charge in [0.25, 0.3) is 0 Å². The topological polar surface area (TPSA) is 45.8 Å². The predicted octanol–water partition coefficient (Wildman–Crippen LogP) is 4.06. The molecule has 0 aliphatic heterocycles. The molecule has 1 heterocycles. The lowest BCUT2D eigenvalue weighted by atomic mass is 10.3. The number of hydrogen-bond donors (Lipinski definition) is 1. The van der Waals surface area contributed by atoms with Gasteiger partial charge in [-0.25, -0.2) is 9.37 Å². The number of nitrogens with zero attached hydrogens (tertiary/aromatic N) is 1. The number of Topliss-reactive ketones (excluding diaryl/α,β-unsaturated/α-hetero) is 1. The van der Waals surface area contributed by atoms with Crippen LogP contribution in [-0.4, -0.2) is 15.8 Å². The summed E-state index contributed by atoms with van der Waals surface area (Å²) in [6, 6.07) is 12.1. The van der Waals surface area contributed by atoms with Gasteiger partial charge < -0.3 is 4.98 Å². The highest BCUT2D eigenvalue weighted by Crippen LogP contribution is 2.29. The maximum absolute atomic E-state index is 12.9. The smallest absolute Gasteiger partial charge is 0.195 e. The Kier molecular flexibility index (Phi) is 3.28. The molecule has 3 rings (SSSR count). The molecule has 0 amide bonds. The van der Waals surface area contributed by atoms with Crippen molar-refractivity contribution in [1.29, 1.82) is 0 Å². The second kappa shape index (κ2) is 5.09. The molecule has 0 aliphatic carbocycles. The maximum atomic E-state index is 12.9. The Morgan fingerprint density at radius 2 is 1.85 bits per heavy atom. The summed E-state index contributed by atoms with van der Waals surface area (Å²) < 4.78 is 12.9. The SMILES string of the molecule is CC(=O)c1nc2cc(Sc3ccc(F)cc3)ccc2[nH]1. The summed E-state index contributed by atoms with van der Waals surface area (Å²) in [7, 11) is 0. The fourth-order valence-electron chi connectivity index (χ4n) is 1.85. The van der Waals surface area contributed by atoms with E-state index < -0.39 is 0 Å². The number of halogens is 1. The third kappa shape index (κ3) is 2.58. The van der Waals surface area contributed by atoms with Crippen molar-refractivity contribution in [2.24, 2.45) is 0 Å². The molecule has 0 atom stereocenters. The van der Waals surface area contributed by atoms with Gasteiger partial charge in [0.2, 0.25) is 0 Å². The van der Waals surface area contributed by atoms with Crippen LogP contribution in [0.1, 0.15) is 17.5 Å². The van der Waals surface area contributed by atoms with Crippen LogP contribution in [0.5, 0.6) is 0 Å². The summed E-state index contributed by atoms with van der Waals surface area (Å²) >= 11 is 1.52. The van der Waals surface area contributed by atoms with Gasteiger partial charge in [0.15, 0.2) is 11.6 Å².